The molecule has 147 valence electrons. The molecule has 0 spiro atoms. The molecule has 0 unspecified atom stereocenters. The van der Waals surface area contributed by atoms with Crippen molar-refractivity contribution in [3.05, 3.63) is 82.7 Å². The average molecular weight is 395 g/mol. The Kier molecular flexibility index (Phi) is 4.57. The predicted molar refractivity (Wildman–Crippen MR) is 106 cm³/mol. The molecule has 0 saturated heterocycles. The van der Waals surface area contributed by atoms with Gasteiger partial charge in [0.1, 0.15) is 0 Å². The van der Waals surface area contributed by atoms with Crippen molar-refractivity contribution in [2.75, 3.05) is 0 Å². The highest BCUT2D eigenvalue weighted by Crippen LogP contribution is 2.34. The third kappa shape index (κ3) is 3.14. The van der Waals surface area contributed by atoms with Crippen molar-refractivity contribution in [1.29, 1.82) is 0 Å². The van der Waals surface area contributed by atoms with Crippen LogP contribution < -0.4 is 5.73 Å². The van der Waals surface area contributed by atoms with Gasteiger partial charge in [0.25, 0.3) is 0 Å². The predicted octanol–water partition coefficient (Wildman–Crippen LogP) is 5.28. The molecule has 6 heteroatoms. The van der Waals surface area contributed by atoms with Gasteiger partial charge in [-0.2, -0.15) is 0 Å². The minimum atomic E-state index is -1.50. The smallest absolute Gasteiger partial charge is 0.249 e. The minimum Gasteiger partial charge on any atom is -0.366 e. The molecule has 0 aliphatic rings. The van der Waals surface area contributed by atoms with E-state index in [0.29, 0.717) is 21.9 Å². The zero-order chi connectivity index (χ0) is 20.9. The SMILES string of the molecule is CC(C)c1c[c]c2c3c(C(N)=O)cccc3n(Cc3cc(F)c(F)c(F)c3)c2c1. The van der Waals surface area contributed by atoms with E-state index >= 15 is 0 Å². The summed E-state index contributed by atoms with van der Waals surface area (Å²) < 4.78 is 42.7. The number of hydrogen-bond acceptors (Lipinski definition) is 1. The van der Waals surface area contributed by atoms with E-state index in [-0.39, 0.29) is 18.0 Å². The van der Waals surface area contributed by atoms with Gasteiger partial charge in [-0.25, -0.2) is 13.2 Å². The summed E-state index contributed by atoms with van der Waals surface area (Å²) in [4.78, 5) is 12.0. The lowest BCUT2D eigenvalue weighted by Crippen LogP contribution is -2.11. The van der Waals surface area contributed by atoms with E-state index in [2.05, 4.69) is 6.07 Å². The lowest BCUT2D eigenvalue weighted by Gasteiger charge is -2.11. The van der Waals surface area contributed by atoms with Crippen LogP contribution in [0, 0.1) is 23.5 Å². The Labute approximate surface area is 165 Å². The minimum absolute atomic E-state index is 0.0890. The Hall–Kier alpha value is -3.28. The fraction of sp³-hybridized carbons (Fsp3) is 0.174. The number of carbonyl (C=O) groups excluding carboxylic acids is 1. The number of nitrogens with two attached hydrogens (primary N) is 1. The number of aromatic nitrogens is 1. The molecule has 4 rings (SSSR count). The van der Waals surface area contributed by atoms with E-state index in [1.165, 1.54) is 0 Å². The first-order valence-electron chi connectivity index (χ1n) is 9.17. The summed E-state index contributed by atoms with van der Waals surface area (Å²) in [7, 11) is 0. The highest BCUT2D eigenvalue weighted by molar-refractivity contribution is 6.17. The van der Waals surface area contributed by atoms with Crippen LogP contribution in [0.5, 0.6) is 0 Å². The average Bonchev–Trinajstić information content (AvgIpc) is 2.99. The van der Waals surface area contributed by atoms with Crippen molar-refractivity contribution < 1.29 is 18.0 Å². The fourth-order valence-electron chi connectivity index (χ4n) is 3.66. The number of rotatable bonds is 4. The van der Waals surface area contributed by atoms with Gasteiger partial charge in [-0.05, 0) is 53.4 Å². The number of primary amides is 1. The van der Waals surface area contributed by atoms with Crippen LogP contribution in [-0.2, 0) is 6.54 Å². The molecule has 0 bridgehead atoms. The lowest BCUT2D eigenvalue weighted by molar-refractivity contribution is 0.100. The molecular formula is C23H18F3N2O. The Morgan fingerprint density at radius 1 is 1.10 bits per heavy atom. The largest absolute Gasteiger partial charge is 0.366 e. The molecule has 1 radical (unpaired) electrons. The van der Waals surface area contributed by atoms with Crippen molar-refractivity contribution in [3.8, 4) is 0 Å². The van der Waals surface area contributed by atoms with E-state index in [1.807, 2.05) is 30.5 Å². The third-order valence-electron chi connectivity index (χ3n) is 5.13. The molecule has 3 nitrogen and oxygen atoms in total. The zero-order valence-electron chi connectivity index (χ0n) is 15.9. The number of fused-ring (bicyclic) bond motifs is 3. The van der Waals surface area contributed by atoms with Crippen LogP contribution in [0.4, 0.5) is 13.2 Å². The quantitative estimate of drug-likeness (QED) is 0.470. The topological polar surface area (TPSA) is 48.0 Å². The zero-order valence-corrected chi connectivity index (χ0v) is 15.9. The van der Waals surface area contributed by atoms with Crippen molar-refractivity contribution in [2.45, 2.75) is 26.3 Å². The molecule has 4 aromatic rings. The van der Waals surface area contributed by atoms with Crippen molar-refractivity contribution in [3.63, 3.8) is 0 Å². The molecule has 29 heavy (non-hydrogen) atoms. The van der Waals surface area contributed by atoms with Gasteiger partial charge in [-0.15, -0.1) is 0 Å². The van der Waals surface area contributed by atoms with Crippen molar-refractivity contribution >= 4 is 27.7 Å². The molecule has 2 N–H and O–H groups in total. The summed E-state index contributed by atoms with van der Waals surface area (Å²) in [5, 5.41) is 1.33. The maximum absolute atomic E-state index is 13.7. The van der Waals surface area contributed by atoms with Crippen LogP contribution in [0.15, 0.2) is 42.5 Å². The van der Waals surface area contributed by atoms with Gasteiger partial charge in [0.15, 0.2) is 17.5 Å². The summed E-state index contributed by atoms with van der Waals surface area (Å²) >= 11 is 0. The standard InChI is InChI=1S/C23H18F3N2O/c1-12(2)14-6-7-15-20(10-14)28(11-13-8-17(24)22(26)18(25)9-13)19-5-3-4-16(21(15)19)23(27)29/h3-6,8-10,12H,11H2,1-2H3,(H2,27,29). The highest BCUT2D eigenvalue weighted by atomic mass is 19.2. The first-order chi connectivity index (χ1) is 13.8. The molecule has 0 aliphatic heterocycles. The van der Waals surface area contributed by atoms with Crippen LogP contribution in [0.2, 0.25) is 0 Å². The van der Waals surface area contributed by atoms with E-state index in [9.17, 15) is 18.0 Å². The van der Waals surface area contributed by atoms with Gasteiger partial charge in [0, 0.05) is 22.9 Å². The van der Waals surface area contributed by atoms with Crippen LogP contribution in [0.3, 0.4) is 0 Å². The Balaban J connectivity index is 2.03. The summed E-state index contributed by atoms with van der Waals surface area (Å²) in [5.74, 6) is -4.32. The maximum atomic E-state index is 13.7. The van der Waals surface area contributed by atoms with Crippen LogP contribution in [-0.4, -0.2) is 10.5 Å². The molecule has 0 atom stereocenters. The van der Waals surface area contributed by atoms with Crippen LogP contribution in [0.25, 0.3) is 21.8 Å². The molecule has 1 amide bonds. The van der Waals surface area contributed by atoms with Crippen LogP contribution in [0.1, 0.15) is 41.3 Å². The van der Waals surface area contributed by atoms with Gasteiger partial charge < -0.3 is 10.3 Å². The van der Waals surface area contributed by atoms with Gasteiger partial charge in [-0.1, -0.05) is 26.0 Å². The van der Waals surface area contributed by atoms with Gasteiger partial charge in [0.05, 0.1) is 11.0 Å². The van der Waals surface area contributed by atoms with Gasteiger partial charge in [-0.3, -0.25) is 4.79 Å². The van der Waals surface area contributed by atoms with Crippen molar-refractivity contribution in [2.24, 2.45) is 5.73 Å². The first-order valence-corrected chi connectivity index (χ1v) is 9.17. The van der Waals surface area contributed by atoms with E-state index < -0.39 is 23.4 Å². The molecule has 0 fully saturated rings. The second-order valence-electron chi connectivity index (χ2n) is 7.37. The third-order valence-corrected chi connectivity index (χ3v) is 5.13. The normalized spacial score (nSPS) is 11.7. The summed E-state index contributed by atoms with van der Waals surface area (Å²) in [5.41, 5.74) is 8.63. The van der Waals surface area contributed by atoms with E-state index in [4.69, 9.17) is 5.73 Å². The summed E-state index contributed by atoms with van der Waals surface area (Å²) in [6.45, 7) is 4.18. The van der Waals surface area contributed by atoms with E-state index in [0.717, 1.165) is 23.2 Å². The fourth-order valence-corrected chi connectivity index (χ4v) is 3.66. The molecular weight excluding hydrogens is 377 g/mol. The number of carbonyl (C=O) groups is 1. The van der Waals surface area contributed by atoms with E-state index in [1.54, 1.807) is 18.2 Å². The monoisotopic (exact) mass is 395 g/mol. The summed E-state index contributed by atoms with van der Waals surface area (Å²) in [6.07, 6.45) is 0. The highest BCUT2D eigenvalue weighted by Gasteiger charge is 2.19. The summed E-state index contributed by atoms with van der Waals surface area (Å²) in [6, 6.07) is 14.2. The van der Waals surface area contributed by atoms with Crippen LogP contribution >= 0.6 is 0 Å². The maximum Gasteiger partial charge on any atom is 0.249 e. The number of benzene rings is 3. The molecule has 1 heterocycles. The number of halogens is 3. The second-order valence-corrected chi connectivity index (χ2v) is 7.37. The number of amides is 1. The molecule has 0 aliphatic carbocycles. The Bertz CT molecular complexity index is 1250. The first kappa shape index (κ1) is 19.1. The van der Waals surface area contributed by atoms with Crippen molar-refractivity contribution in [1.82, 2.24) is 4.57 Å². The van der Waals surface area contributed by atoms with Gasteiger partial charge in [0.2, 0.25) is 5.91 Å². The Morgan fingerprint density at radius 3 is 2.41 bits per heavy atom. The second kappa shape index (κ2) is 6.95. The molecule has 3 aromatic carbocycles. The Morgan fingerprint density at radius 2 is 1.79 bits per heavy atom. The lowest BCUT2D eigenvalue weighted by atomic mass is 10.00. The molecule has 0 saturated carbocycles. The molecule has 1 aromatic heterocycles. The van der Waals surface area contributed by atoms with Gasteiger partial charge >= 0.3 is 0 Å². The number of nitrogens with zero attached hydrogens (tertiary/aromatic N) is 1. The number of hydrogen-bond donors (Lipinski definition) is 1.